The smallest absolute Gasteiger partial charge is 0.862 e. The second kappa shape index (κ2) is 13.9. The zero-order valence-electron chi connectivity index (χ0n) is 18.5. The Hall–Kier alpha value is -0.280. The fourth-order valence-electron chi connectivity index (χ4n) is 3.34. The molecule has 0 bridgehead atoms. The predicted molar refractivity (Wildman–Crippen MR) is 104 cm³/mol. The van der Waals surface area contributed by atoms with Crippen LogP contribution in [0.15, 0.2) is 17.6 Å². The van der Waals surface area contributed by atoms with Gasteiger partial charge in [-0.3, -0.25) is 9.55 Å². The summed E-state index contributed by atoms with van der Waals surface area (Å²) in [6.45, 7) is 2.78. The van der Waals surface area contributed by atoms with E-state index < -0.39 is 90.9 Å². The minimum atomic E-state index is -4.92. The topological polar surface area (TPSA) is 237 Å². The van der Waals surface area contributed by atoms with Gasteiger partial charge in [0.25, 0.3) is 0 Å². The summed E-state index contributed by atoms with van der Waals surface area (Å²) in [5.74, 6) is -0.784. The number of hydrogen-bond donors (Lipinski definition) is 6. The van der Waals surface area contributed by atoms with E-state index in [0.29, 0.717) is 0 Å². The number of rotatable bonds is 10. The normalized spacial score (nSPS) is 39.3. The third-order valence-corrected chi connectivity index (χ3v) is 5.30. The minimum Gasteiger partial charge on any atom is -0.862 e. The van der Waals surface area contributed by atoms with E-state index in [0.717, 1.165) is 6.92 Å². The monoisotopic (exact) mass is 525 g/mol. The van der Waals surface area contributed by atoms with Gasteiger partial charge in [0, 0.05) is 0 Å². The maximum absolute atomic E-state index is 11.5. The summed E-state index contributed by atoms with van der Waals surface area (Å²) < 4.78 is 56.2. The molecule has 0 aromatic rings. The molecule has 0 aromatic carbocycles. The summed E-state index contributed by atoms with van der Waals surface area (Å²) >= 11 is 0. The largest absolute Gasteiger partial charge is 1.00 e. The molecule has 34 heavy (non-hydrogen) atoms. The van der Waals surface area contributed by atoms with Gasteiger partial charge in [-0.2, -0.15) is 8.42 Å². The first-order chi connectivity index (χ1) is 15.4. The minimum absolute atomic E-state index is 0. The average Bonchev–Trinajstić information content (AvgIpc) is 2.74. The maximum Gasteiger partial charge on any atom is 1.00 e. The van der Waals surface area contributed by atoms with Crippen LogP contribution in [0.2, 0.25) is 0 Å². The van der Waals surface area contributed by atoms with E-state index in [1.807, 2.05) is 0 Å². The van der Waals surface area contributed by atoms with Crippen molar-refractivity contribution in [2.24, 2.45) is 4.99 Å². The van der Waals surface area contributed by atoms with E-state index in [-0.39, 0.29) is 36.2 Å². The quantitative estimate of drug-likeness (QED) is 0.0511. The van der Waals surface area contributed by atoms with Crippen LogP contribution in [0, 0.1) is 0 Å². The average molecular weight is 525 g/mol. The third-order valence-electron chi connectivity index (χ3n) is 4.87. The van der Waals surface area contributed by atoms with Gasteiger partial charge in [0.2, 0.25) is 0 Å². The van der Waals surface area contributed by atoms with Gasteiger partial charge in [-0.15, -0.1) is 6.58 Å². The van der Waals surface area contributed by atoms with Gasteiger partial charge in [-0.1, -0.05) is 6.08 Å². The third kappa shape index (κ3) is 8.39. The van der Waals surface area contributed by atoms with Crippen LogP contribution < -0.4 is 34.7 Å². The molecule has 2 aliphatic heterocycles. The second-order valence-corrected chi connectivity index (χ2v) is 8.40. The first-order valence-corrected chi connectivity index (χ1v) is 11.1. The van der Waals surface area contributed by atoms with Crippen LogP contribution in [0.3, 0.4) is 0 Å². The molecule has 0 amide bonds. The Morgan fingerprint density at radius 2 is 1.71 bits per heavy atom. The van der Waals surface area contributed by atoms with Crippen LogP contribution in [0.5, 0.6) is 0 Å². The van der Waals surface area contributed by atoms with Gasteiger partial charge < -0.3 is 49.6 Å². The molecular weight excluding hydrogens is 497 g/mol. The second-order valence-electron chi connectivity index (χ2n) is 7.30. The molecule has 15 nitrogen and oxygen atoms in total. The van der Waals surface area contributed by atoms with Crippen molar-refractivity contribution in [3.63, 3.8) is 0 Å². The first-order valence-electron chi connectivity index (χ1n) is 9.74. The van der Waals surface area contributed by atoms with E-state index in [1.54, 1.807) is 0 Å². The zero-order chi connectivity index (χ0) is 24.9. The summed E-state index contributed by atoms with van der Waals surface area (Å²) in [5.41, 5.74) is 0. The van der Waals surface area contributed by atoms with Crippen LogP contribution in [0.4, 0.5) is 0 Å². The maximum atomic E-state index is 11.5. The molecule has 10 atom stereocenters. The summed E-state index contributed by atoms with van der Waals surface area (Å²) in [6.07, 6.45) is -13.1. The number of aliphatic hydroxyl groups is 5. The van der Waals surface area contributed by atoms with Crippen LogP contribution in [-0.4, -0.2) is 126 Å². The van der Waals surface area contributed by atoms with Crippen molar-refractivity contribution >= 4 is 16.3 Å². The molecule has 6 N–H and O–H groups in total. The van der Waals surface area contributed by atoms with E-state index in [2.05, 4.69) is 15.8 Å². The SMILES string of the molecule is C=CCO[C@H]1O[C@H](CO)[C@@H](O[C@@H]2O[C@H](COS(=O)(=O)O)[C@@H](O)[C@H](O)[C@H]2N=C(C)[O-])[C@H](O)[C@H]1O.[Na+]. The fourth-order valence-corrected chi connectivity index (χ4v) is 3.65. The van der Waals surface area contributed by atoms with Crippen molar-refractivity contribution in [2.75, 3.05) is 19.8 Å². The van der Waals surface area contributed by atoms with E-state index >= 15 is 0 Å². The van der Waals surface area contributed by atoms with Crippen LogP contribution in [-0.2, 0) is 33.5 Å². The predicted octanol–water partition coefficient (Wildman–Crippen LogP) is -7.57. The van der Waals surface area contributed by atoms with E-state index in [1.165, 1.54) is 6.08 Å². The molecule has 0 aliphatic carbocycles. The molecule has 2 aliphatic rings. The van der Waals surface area contributed by atoms with Crippen molar-refractivity contribution in [2.45, 2.75) is 68.3 Å². The molecule has 17 heteroatoms. The molecule has 0 radical (unpaired) electrons. The Kier molecular flexibility index (Phi) is 13.0. The molecule has 2 fully saturated rings. The molecule has 2 heterocycles. The number of aliphatic imine (C=N–C) groups is 1. The van der Waals surface area contributed by atoms with Gasteiger partial charge in [0.15, 0.2) is 12.6 Å². The van der Waals surface area contributed by atoms with Gasteiger partial charge in [0.05, 0.1) is 19.8 Å². The Balaban J connectivity index is 0.00000578. The van der Waals surface area contributed by atoms with Crippen molar-refractivity contribution in [1.29, 1.82) is 0 Å². The van der Waals surface area contributed by atoms with Crippen molar-refractivity contribution < 1.29 is 96.3 Å². The Morgan fingerprint density at radius 3 is 2.24 bits per heavy atom. The molecule has 192 valence electrons. The molecule has 2 saturated heterocycles. The summed E-state index contributed by atoms with van der Waals surface area (Å²) in [4.78, 5) is 3.62. The Bertz CT molecular complexity index is 778. The molecule has 0 unspecified atom stereocenters. The molecule has 0 saturated carbocycles. The van der Waals surface area contributed by atoms with Gasteiger partial charge in [-0.25, -0.2) is 4.18 Å². The summed E-state index contributed by atoms with van der Waals surface area (Å²) in [6, 6.07) is -1.56. The van der Waals surface area contributed by atoms with E-state index in [9.17, 15) is 39.1 Å². The number of ether oxygens (including phenoxy) is 4. The van der Waals surface area contributed by atoms with Crippen LogP contribution in [0.1, 0.15) is 6.92 Å². The fraction of sp³-hybridized carbons (Fsp3) is 0.824. The molecule has 0 spiro atoms. The van der Waals surface area contributed by atoms with Crippen molar-refractivity contribution in [3.05, 3.63) is 12.7 Å². The van der Waals surface area contributed by atoms with Crippen molar-refractivity contribution in [3.8, 4) is 0 Å². The van der Waals surface area contributed by atoms with Gasteiger partial charge >= 0.3 is 40.0 Å². The van der Waals surface area contributed by atoms with Crippen LogP contribution >= 0.6 is 0 Å². The zero-order valence-corrected chi connectivity index (χ0v) is 21.3. The Labute approximate surface area is 217 Å². The number of nitrogens with zero attached hydrogens (tertiary/aromatic N) is 1. The molecule has 2 rings (SSSR count). The number of aliphatic hydroxyl groups excluding tert-OH is 5. The summed E-state index contributed by atoms with van der Waals surface area (Å²) in [5, 5.41) is 62.7. The van der Waals surface area contributed by atoms with Crippen molar-refractivity contribution in [1.82, 2.24) is 0 Å². The molecular formula is C17H28NNaO14S. The summed E-state index contributed by atoms with van der Waals surface area (Å²) in [7, 11) is -4.92. The van der Waals surface area contributed by atoms with Crippen LogP contribution in [0.25, 0.3) is 0 Å². The standard InChI is InChI=1S/C17H29NO14S.Na/c1-3-4-28-17-14(24)13(23)15(8(5-19)30-17)32-16-10(18-7(2)20)12(22)11(21)9(31-16)6-29-33(25,26)27;/h3,8-17,19,21-24H,1,4-6H2,2H3,(H,18,20)(H,25,26,27);/q;+1/p-1/t8-,9-,10-,11-,12-,13-,14-,15-,16+,17+;/m1./s1. The number of hydrogen-bond acceptors (Lipinski definition) is 14. The van der Waals surface area contributed by atoms with Gasteiger partial charge in [0.1, 0.15) is 48.8 Å². The Morgan fingerprint density at radius 1 is 1.09 bits per heavy atom. The first kappa shape index (κ1) is 31.7. The molecule has 0 aromatic heterocycles. The van der Waals surface area contributed by atoms with E-state index in [4.69, 9.17) is 23.5 Å². The van der Waals surface area contributed by atoms with Gasteiger partial charge in [-0.05, 0) is 12.8 Å².